The van der Waals surface area contributed by atoms with E-state index in [1.165, 1.54) is 0 Å². The number of rotatable bonds is 9. The quantitative estimate of drug-likeness (QED) is 0.538. The number of ether oxygens (including phenoxy) is 3. The van der Waals surface area contributed by atoms with Crippen LogP contribution in [0.5, 0.6) is 0 Å². The molecular weight excluding hydrogens is 172 g/mol. The van der Waals surface area contributed by atoms with E-state index in [4.69, 9.17) is 19.3 Å². The molecule has 0 saturated heterocycles. The molecule has 0 spiro atoms. The lowest BCUT2D eigenvalue weighted by Crippen LogP contribution is -2.25. The topological polar surface area (TPSA) is 47.9 Å². The van der Waals surface area contributed by atoms with Crippen LogP contribution >= 0.6 is 0 Å². The van der Waals surface area contributed by atoms with Crippen molar-refractivity contribution < 1.29 is 19.3 Å². The van der Waals surface area contributed by atoms with Crippen LogP contribution in [-0.2, 0) is 14.2 Å². The molecule has 0 aromatic heterocycles. The summed E-state index contributed by atoms with van der Waals surface area (Å²) in [5, 5.41) is 8.47. The zero-order valence-electron chi connectivity index (χ0n) is 8.49. The molecule has 0 aliphatic heterocycles. The maximum atomic E-state index is 8.47. The van der Waals surface area contributed by atoms with Gasteiger partial charge in [-0.25, -0.2) is 0 Å². The van der Waals surface area contributed by atoms with Crippen LogP contribution in [0, 0.1) is 0 Å². The molecule has 4 heteroatoms. The zero-order valence-corrected chi connectivity index (χ0v) is 8.49. The molecule has 1 atom stereocenters. The predicted octanol–water partition coefficient (Wildman–Crippen LogP) is 0.437. The molecular formula is C9H20O4. The molecule has 4 nitrogen and oxygen atoms in total. The highest BCUT2D eigenvalue weighted by atomic mass is 16.6. The standard InChI is InChI=1S/C9H20O4/c1-3-5-12-7-9(11-2)8-13-6-4-10/h9-10H,3-8H2,1-2H3. The van der Waals surface area contributed by atoms with Crippen molar-refractivity contribution in [2.24, 2.45) is 0 Å². The first-order valence-corrected chi connectivity index (χ1v) is 4.64. The Hall–Kier alpha value is -0.160. The van der Waals surface area contributed by atoms with Crippen molar-refractivity contribution in [3.8, 4) is 0 Å². The van der Waals surface area contributed by atoms with Crippen molar-refractivity contribution >= 4 is 0 Å². The van der Waals surface area contributed by atoms with Gasteiger partial charge >= 0.3 is 0 Å². The van der Waals surface area contributed by atoms with Crippen LogP contribution in [0.25, 0.3) is 0 Å². The van der Waals surface area contributed by atoms with Gasteiger partial charge in [-0.1, -0.05) is 6.92 Å². The molecule has 0 bridgehead atoms. The van der Waals surface area contributed by atoms with E-state index in [-0.39, 0.29) is 12.7 Å². The molecule has 0 rings (SSSR count). The minimum absolute atomic E-state index is 0.0295. The van der Waals surface area contributed by atoms with Gasteiger partial charge in [0, 0.05) is 13.7 Å². The van der Waals surface area contributed by atoms with E-state index in [9.17, 15) is 0 Å². The van der Waals surface area contributed by atoms with E-state index in [0.29, 0.717) is 19.8 Å². The van der Waals surface area contributed by atoms with Crippen LogP contribution in [-0.4, -0.2) is 51.4 Å². The third-order valence-electron chi connectivity index (χ3n) is 1.52. The third-order valence-corrected chi connectivity index (χ3v) is 1.52. The first-order valence-electron chi connectivity index (χ1n) is 4.64. The maximum Gasteiger partial charge on any atom is 0.104 e. The number of hydrogen-bond acceptors (Lipinski definition) is 4. The van der Waals surface area contributed by atoms with Crippen molar-refractivity contribution in [1.82, 2.24) is 0 Å². The molecule has 0 aromatic rings. The Kier molecular flexibility index (Phi) is 9.80. The highest BCUT2D eigenvalue weighted by Gasteiger charge is 2.06. The van der Waals surface area contributed by atoms with E-state index in [1.807, 2.05) is 0 Å². The first-order chi connectivity index (χ1) is 6.35. The average molecular weight is 192 g/mol. The van der Waals surface area contributed by atoms with E-state index in [2.05, 4.69) is 6.92 Å². The SMILES string of the molecule is CCCOCC(COCCO)OC. The fourth-order valence-electron chi connectivity index (χ4n) is 0.823. The van der Waals surface area contributed by atoms with Crippen LogP contribution in [0.3, 0.4) is 0 Å². The summed E-state index contributed by atoms with van der Waals surface area (Å²) >= 11 is 0. The second-order valence-corrected chi connectivity index (χ2v) is 2.73. The van der Waals surface area contributed by atoms with Gasteiger partial charge in [-0.3, -0.25) is 0 Å². The van der Waals surface area contributed by atoms with Crippen LogP contribution in [0.4, 0.5) is 0 Å². The van der Waals surface area contributed by atoms with Gasteiger partial charge in [0.05, 0.1) is 26.4 Å². The second-order valence-electron chi connectivity index (χ2n) is 2.73. The largest absolute Gasteiger partial charge is 0.394 e. The number of aliphatic hydroxyl groups is 1. The lowest BCUT2D eigenvalue weighted by atomic mass is 10.4. The number of aliphatic hydroxyl groups excluding tert-OH is 1. The van der Waals surface area contributed by atoms with Gasteiger partial charge in [0.15, 0.2) is 0 Å². The molecule has 0 saturated carbocycles. The maximum absolute atomic E-state index is 8.47. The van der Waals surface area contributed by atoms with Gasteiger partial charge in [-0.15, -0.1) is 0 Å². The minimum Gasteiger partial charge on any atom is -0.394 e. The number of methoxy groups -OCH3 is 1. The monoisotopic (exact) mass is 192 g/mol. The van der Waals surface area contributed by atoms with Crippen molar-refractivity contribution in [1.29, 1.82) is 0 Å². The summed E-state index contributed by atoms with van der Waals surface area (Å²) in [4.78, 5) is 0. The van der Waals surface area contributed by atoms with E-state index in [0.717, 1.165) is 13.0 Å². The van der Waals surface area contributed by atoms with Crippen molar-refractivity contribution in [3.63, 3.8) is 0 Å². The van der Waals surface area contributed by atoms with Gasteiger partial charge in [-0.2, -0.15) is 0 Å². The van der Waals surface area contributed by atoms with Crippen molar-refractivity contribution in [3.05, 3.63) is 0 Å². The first kappa shape index (κ1) is 12.8. The molecule has 1 N–H and O–H groups in total. The molecule has 0 radical (unpaired) electrons. The third kappa shape index (κ3) is 8.18. The zero-order chi connectivity index (χ0) is 9.94. The Morgan fingerprint density at radius 3 is 2.23 bits per heavy atom. The summed E-state index contributed by atoms with van der Waals surface area (Å²) in [6, 6.07) is 0. The fourth-order valence-corrected chi connectivity index (χ4v) is 0.823. The molecule has 0 amide bonds. The Morgan fingerprint density at radius 1 is 1.15 bits per heavy atom. The van der Waals surface area contributed by atoms with Crippen molar-refractivity contribution in [2.75, 3.05) is 40.1 Å². The Labute approximate surface area is 79.8 Å². The van der Waals surface area contributed by atoms with Gasteiger partial charge < -0.3 is 19.3 Å². The predicted molar refractivity (Wildman–Crippen MR) is 49.8 cm³/mol. The number of hydrogen-bond donors (Lipinski definition) is 1. The fraction of sp³-hybridized carbons (Fsp3) is 1.00. The summed E-state index contributed by atoms with van der Waals surface area (Å²) in [7, 11) is 1.63. The molecule has 0 fully saturated rings. The van der Waals surface area contributed by atoms with E-state index in [1.54, 1.807) is 7.11 Å². The Morgan fingerprint density at radius 2 is 1.77 bits per heavy atom. The molecule has 0 aliphatic carbocycles. The Balaban J connectivity index is 3.28. The normalized spacial score (nSPS) is 13.2. The van der Waals surface area contributed by atoms with Gasteiger partial charge in [-0.05, 0) is 6.42 Å². The van der Waals surface area contributed by atoms with Gasteiger partial charge in [0.1, 0.15) is 6.10 Å². The van der Waals surface area contributed by atoms with Gasteiger partial charge in [0.25, 0.3) is 0 Å². The summed E-state index contributed by atoms with van der Waals surface area (Å²) in [5.41, 5.74) is 0. The summed E-state index contributed by atoms with van der Waals surface area (Å²) in [6.45, 7) is 4.24. The highest BCUT2D eigenvalue weighted by molar-refractivity contribution is 4.53. The van der Waals surface area contributed by atoms with E-state index < -0.39 is 0 Å². The van der Waals surface area contributed by atoms with Crippen LogP contribution in [0.15, 0.2) is 0 Å². The molecule has 0 heterocycles. The minimum atomic E-state index is -0.0295. The molecule has 13 heavy (non-hydrogen) atoms. The molecule has 80 valence electrons. The van der Waals surface area contributed by atoms with Crippen LogP contribution in [0.1, 0.15) is 13.3 Å². The summed E-state index contributed by atoms with van der Waals surface area (Å²) in [5.74, 6) is 0. The van der Waals surface area contributed by atoms with Gasteiger partial charge in [0.2, 0.25) is 0 Å². The lowest BCUT2D eigenvalue weighted by Gasteiger charge is -2.15. The summed E-state index contributed by atoms with van der Waals surface area (Å²) < 4.78 is 15.5. The average Bonchev–Trinajstić information content (AvgIpc) is 2.16. The van der Waals surface area contributed by atoms with Crippen LogP contribution in [0.2, 0.25) is 0 Å². The molecule has 0 aliphatic rings. The smallest absolute Gasteiger partial charge is 0.104 e. The van der Waals surface area contributed by atoms with Crippen LogP contribution < -0.4 is 0 Å². The lowest BCUT2D eigenvalue weighted by molar-refractivity contribution is -0.0454. The van der Waals surface area contributed by atoms with Crippen molar-refractivity contribution in [2.45, 2.75) is 19.4 Å². The molecule has 1 unspecified atom stereocenters. The Bertz CT molecular complexity index is 87.6. The summed E-state index contributed by atoms with van der Waals surface area (Å²) in [6.07, 6.45) is 0.978. The second kappa shape index (κ2) is 9.92. The highest BCUT2D eigenvalue weighted by Crippen LogP contribution is 1.93. The van der Waals surface area contributed by atoms with E-state index >= 15 is 0 Å². The molecule has 0 aromatic carbocycles.